The third kappa shape index (κ3) is 3.79. The molecule has 4 aromatic rings. The van der Waals surface area contributed by atoms with E-state index in [1.165, 1.54) is 0 Å². The maximum atomic E-state index is 9.96. The van der Waals surface area contributed by atoms with Gasteiger partial charge in [0.15, 0.2) is 5.82 Å². The number of phenols is 1. The Kier molecular flexibility index (Phi) is 4.70. The van der Waals surface area contributed by atoms with E-state index in [-0.39, 0.29) is 5.75 Å². The maximum absolute atomic E-state index is 9.96. The van der Waals surface area contributed by atoms with Gasteiger partial charge >= 0.3 is 0 Å². The number of nitrogens with one attached hydrogen (secondary N) is 2. The molecule has 0 amide bonds. The monoisotopic (exact) mass is 384 g/mol. The topological polar surface area (TPSA) is 108 Å². The third-order valence-electron chi connectivity index (χ3n) is 4.51. The number of hydrazone groups is 1. The summed E-state index contributed by atoms with van der Waals surface area (Å²) < 4.78 is 0. The Bertz CT molecular complexity index is 1220. The van der Waals surface area contributed by atoms with Crippen molar-refractivity contribution in [3.05, 3.63) is 66.2 Å². The van der Waals surface area contributed by atoms with Crippen LogP contribution in [0.4, 0.5) is 22.9 Å². The molecular weight excluding hydrogens is 364 g/mol. The molecule has 3 aromatic carbocycles. The second-order valence-electron chi connectivity index (χ2n) is 6.65. The predicted octanol–water partition coefficient (Wildman–Crippen LogP) is 4.66. The van der Waals surface area contributed by atoms with Crippen molar-refractivity contribution in [2.45, 2.75) is 6.92 Å². The lowest BCUT2D eigenvalue weighted by atomic mass is 10.1. The van der Waals surface area contributed by atoms with Crippen molar-refractivity contribution in [3.8, 4) is 17.1 Å². The molecule has 0 radical (unpaired) electrons. The van der Waals surface area contributed by atoms with Crippen LogP contribution in [-0.4, -0.2) is 21.8 Å². The van der Waals surface area contributed by atoms with E-state index in [9.17, 15) is 5.11 Å². The van der Waals surface area contributed by atoms with Crippen LogP contribution in [0, 0.1) is 6.92 Å². The first-order valence-corrected chi connectivity index (χ1v) is 8.99. The van der Waals surface area contributed by atoms with Crippen molar-refractivity contribution in [1.29, 1.82) is 0 Å². The fourth-order valence-electron chi connectivity index (χ4n) is 3.11. The highest BCUT2D eigenvalue weighted by Gasteiger charge is 2.12. The fraction of sp³-hybridized carbons (Fsp3) is 0.0455. The van der Waals surface area contributed by atoms with E-state index < -0.39 is 0 Å². The summed E-state index contributed by atoms with van der Waals surface area (Å²) in [6.45, 7) is 5.42. The molecule has 5 N–H and O–H groups in total. The Hall–Kier alpha value is -4.13. The molecule has 0 bridgehead atoms. The Morgan fingerprint density at radius 3 is 2.66 bits per heavy atom. The molecule has 0 aliphatic rings. The molecule has 144 valence electrons. The quantitative estimate of drug-likeness (QED) is 0.226. The fourth-order valence-corrected chi connectivity index (χ4v) is 3.11. The number of hydrogen-bond acceptors (Lipinski definition) is 7. The third-order valence-corrected chi connectivity index (χ3v) is 4.51. The van der Waals surface area contributed by atoms with Gasteiger partial charge in [-0.05, 0) is 61.0 Å². The van der Waals surface area contributed by atoms with Crippen molar-refractivity contribution in [1.82, 2.24) is 9.97 Å². The molecule has 7 nitrogen and oxygen atoms in total. The summed E-state index contributed by atoms with van der Waals surface area (Å²) in [6, 6.07) is 18.2. The average molecular weight is 384 g/mol. The molecule has 7 heteroatoms. The number of nitrogens with zero attached hydrogens (tertiary/aromatic N) is 3. The highest BCUT2D eigenvalue weighted by molar-refractivity contribution is 5.93. The molecule has 0 aliphatic carbocycles. The molecule has 0 atom stereocenters. The van der Waals surface area contributed by atoms with Gasteiger partial charge in [0, 0.05) is 29.0 Å². The van der Waals surface area contributed by atoms with E-state index in [0.29, 0.717) is 28.2 Å². The van der Waals surface area contributed by atoms with Gasteiger partial charge < -0.3 is 16.2 Å². The van der Waals surface area contributed by atoms with Crippen LogP contribution in [0.1, 0.15) is 5.56 Å². The molecule has 0 fully saturated rings. The zero-order chi connectivity index (χ0) is 20.4. The largest absolute Gasteiger partial charge is 0.508 e. The highest BCUT2D eigenvalue weighted by atomic mass is 16.3. The van der Waals surface area contributed by atoms with Gasteiger partial charge in [-0.2, -0.15) is 5.10 Å². The summed E-state index contributed by atoms with van der Waals surface area (Å²) in [6.07, 6.45) is 0. The lowest BCUT2D eigenvalue weighted by molar-refractivity contribution is 0.476. The van der Waals surface area contributed by atoms with Gasteiger partial charge in [0.1, 0.15) is 11.6 Å². The van der Waals surface area contributed by atoms with E-state index in [0.717, 1.165) is 22.5 Å². The Morgan fingerprint density at radius 2 is 1.90 bits per heavy atom. The predicted molar refractivity (Wildman–Crippen MR) is 119 cm³/mol. The Balaban J connectivity index is 1.82. The lowest BCUT2D eigenvalue weighted by Gasteiger charge is -2.13. The van der Waals surface area contributed by atoms with E-state index in [4.69, 9.17) is 10.7 Å². The molecule has 0 aliphatic heterocycles. The average Bonchev–Trinajstić information content (AvgIpc) is 2.70. The Labute approximate surface area is 167 Å². The summed E-state index contributed by atoms with van der Waals surface area (Å²) in [7, 11) is 0. The van der Waals surface area contributed by atoms with Gasteiger partial charge in [-0.15, -0.1) is 0 Å². The second-order valence-corrected chi connectivity index (χ2v) is 6.65. The number of phenolic OH excluding ortho intramolecular Hbond substituents is 1. The van der Waals surface area contributed by atoms with Crippen molar-refractivity contribution < 1.29 is 5.11 Å². The molecular formula is C22H20N6O. The zero-order valence-corrected chi connectivity index (χ0v) is 15.8. The van der Waals surface area contributed by atoms with Crippen LogP contribution in [0.15, 0.2) is 65.8 Å². The van der Waals surface area contributed by atoms with Crippen molar-refractivity contribution in [2.24, 2.45) is 5.10 Å². The minimum atomic E-state index is 0.147. The number of benzene rings is 3. The van der Waals surface area contributed by atoms with Crippen LogP contribution in [0.2, 0.25) is 0 Å². The number of rotatable bonds is 5. The number of aromatic nitrogens is 2. The SMILES string of the molecule is C=NNc1ccc(Nc2nc(-c3cccc(N)c3)nc3ccc(O)cc23)cc1C. The molecule has 1 heterocycles. The molecule has 0 unspecified atom stereocenters. The second kappa shape index (κ2) is 7.47. The lowest BCUT2D eigenvalue weighted by Crippen LogP contribution is -2.00. The number of nitrogen functional groups attached to an aromatic ring is 1. The summed E-state index contributed by atoms with van der Waals surface area (Å²) >= 11 is 0. The molecule has 0 saturated heterocycles. The first-order chi connectivity index (χ1) is 14.0. The first kappa shape index (κ1) is 18.2. The molecule has 4 rings (SSSR count). The van der Waals surface area contributed by atoms with E-state index in [1.54, 1.807) is 18.2 Å². The zero-order valence-electron chi connectivity index (χ0n) is 15.8. The summed E-state index contributed by atoms with van der Waals surface area (Å²) in [5.41, 5.74) is 13.7. The van der Waals surface area contributed by atoms with Gasteiger partial charge in [-0.1, -0.05) is 12.1 Å². The van der Waals surface area contributed by atoms with Gasteiger partial charge in [0.2, 0.25) is 0 Å². The number of aromatic hydroxyl groups is 1. The van der Waals surface area contributed by atoms with Crippen LogP contribution >= 0.6 is 0 Å². The van der Waals surface area contributed by atoms with Gasteiger partial charge in [-0.25, -0.2) is 9.97 Å². The standard InChI is InChI=1S/C22H20N6O/c1-13-10-16(6-8-19(13)28-24-2)25-22-18-12-17(29)7-9-20(18)26-21(27-22)14-4-3-5-15(23)11-14/h3-12,28-29H,2,23H2,1H3,(H,25,26,27). The van der Waals surface area contributed by atoms with Crippen molar-refractivity contribution in [2.75, 3.05) is 16.5 Å². The number of aryl methyl sites for hydroxylation is 1. The van der Waals surface area contributed by atoms with Gasteiger partial charge in [0.05, 0.1) is 11.2 Å². The molecule has 29 heavy (non-hydrogen) atoms. The van der Waals surface area contributed by atoms with Crippen molar-refractivity contribution >= 4 is 40.5 Å². The Morgan fingerprint density at radius 1 is 1.03 bits per heavy atom. The summed E-state index contributed by atoms with van der Waals surface area (Å²) in [5, 5.41) is 17.7. The van der Waals surface area contributed by atoms with Gasteiger partial charge in [0.25, 0.3) is 0 Å². The minimum absolute atomic E-state index is 0.147. The van der Waals surface area contributed by atoms with Crippen LogP contribution in [-0.2, 0) is 0 Å². The molecule has 0 spiro atoms. The van der Waals surface area contributed by atoms with Crippen LogP contribution in [0.5, 0.6) is 5.75 Å². The van der Waals surface area contributed by atoms with Crippen molar-refractivity contribution in [3.63, 3.8) is 0 Å². The molecule has 0 saturated carbocycles. The number of anilines is 4. The van der Waals surface area contributed by atoms with Crippen LogP contribution in [0.3, 0.4) is 0 Å². The molecule has 1 aromatic heterocycles. The number of hydrogen-bond donors (Lipinski definition) is 4. The highest BCUT2D eigenvalue weighted by Crippen LogP contribution is 2.31. The first-order valence-electron chi connectivity index (χ1n) is 8.99. The summed E-state index contributed by atoms with van der Waals surface area (Å²) in [4.78, 5) is 9.34. The normalized spacial score (nSPS) is 10.7. The smallest absolute Gasteiger partial charge is 0.162 e. The minimum Gasteiger partial charge on any atom is -0.508 e. The number of nitrogens with two attached hydrogens (primary N) is 1. The van der Waals surface area contributed by atoms with E-state index in [2.05, 4.69) is 27.5 Å². The van der Waals surface area contributed by atoms with Crippen LogP contribution < -0.4 is 16.5 Å². The summed E-state index contributed by atoms with van der Waals surface area (Å²) in [5.74, 6) is 1.28. The van der Waals surface area contributed by atoms with Crippen LogP contribution in [0.25, 0.3) is 22.3 Å². The van der Waals surface area contributed by atoms with Gasteiger partial charge in [-0.3, -0.25) is 5.43 Å². The van der Waals surface area contributed by atoms with E-state index in [1.807, 2.05) is 49.4 Å². The number of fused-ring (bicyclic) bond motifs is 1. The maximum Gasteiger partial charge on any atom is 0.162 e. The van der Waals surface area contributed by atoms with E-state index >= 15 is 0 Å².